The van der Waals surface area contributed by atoms with Crippen LogP contribution in [0.1, 0.15) is 19.5 Å². The fourth-order valence-corrected chi connectivity index (χ4v) is 4.68. The topological polar surface area (TPSA) is 38.1 Å². The molecular weight excluding hydrogens is 420 g/mol. The molecule has 0 aliphatic carbocycles. The SMILES string of the molecule is CSc1cccc(-c2csc(-c3cc(C(C)(C)O)nn3-c3ccccc3Cl)c2)c1. The second-order valence-electron chi connectivity index (χ2n) is 7.27. The van der Waals surface area contributed by atoms with Crippen LogP contribution in [0.15, 0.2) is 70.9 Å². The lowest BCUT2D eigenvalue weighted by molar-refractivity contribution is 0.0734. The minimum atomic E-state index is -1.05. The van der Waals surface area contributed by atoms with Gasteiger partial charge in [0.1, 0.15) is 5.60 Å². The van der Waals surface area contributed by atoms with Crippen molar-refractivity contribution in [2.24, 2.45) is 0 Å². The van der Waals surface area contributed by atoms with Crippen LogP contribution in [-0.4, -0.2) is 21.1 Å². The van der Waals surface area contributed by atoms with Crippen LogP contribution in [0.5, 0.6) is 0 Å². The molecule has 0 saturated carbocycles. The van der Waals surface area contributed by atoms with Gasteiger partial charge in [-0.15, -0.1) is 23.1 Å². The third-order valence-corrected chi connectivity index (χ3v) is 6.67. The maximum Gasteiger partial charge on any atom is 0.103 e. The summed E-state index contributed by atoms with van der Waals surface area (Å²) in [5, 5.41) is 18.0. The number of benzene rings is 2. The summed E-state index contributed by atoms with van der Waals surface area (Å²) in [4.78, 5) is 2.30. The molecule has 2 aromatic carbocycles. The third kappa shape index (κ3) is 4.14. The van der Waals surface area contributed by atoms with Crippen LogP contribution in [0.3, 0.4) is 0 Å². The van der Waals surface area contributed by atoms with Gasteiger partial charge in [-0.25, -0.2) is 4.68 Å². The molecule has 4 rings (SSSR count). The fraction of sp³-hybridized carbons (Fsp3) is 0.174. The maximum atomic E-state index is 10.5. The Morgan fingerprint density at radius 1 is 1.03 bits per heavy atom. The molecule has 2 heterocycles. The molecule has 0 fully saturated rings. The molecule has 4 aromatic rings. The Kier molecular flexibility index (Phi) is 5.58. The number of halogens is 1. The molecule has 3 nitrogen and oxygen atoms in total. The van der Waals surface area contributed by atoms with E-state index in [0.717, 1.165) is 21.8 Å². The van der Waals surface area contributed by atoms with Gasteiger partial charge in [-0.1, -0.05) is 35.9 Å². The van der Waals surface area contributed by atoms with Crippen LogP contribution in [-0.2, 0) is 5.60 Å². The lowest BCUT2D eigenvalue weighted by atomic mass is 10.1. The highest BCUT2D eigenvalue weighted by molar-refractivity contribution is 7.98. The van der Waals surface area contributed by atoms with E-state index in [1.54, 1.807) is 36.9 Å². The largest absolute Gasteiger partial charge is 0.384 e. The lowest BCUT2D eigenvalue weighted by Gasteiger charge is -2.13. The first-order valence-corrected chi connectivity index (χ1v) is 11.7. The van der Waals surface area contributed by atoms with Gasteiger partial charge in [-0.05, 0) is 73.0 Å². The van der Waals surface area contributed by atoms with Crippen molar-refractivity contribution in [1.29, 1.82) is 0 Å². The molecule has 0 aliphatic heterocycles. The smallest absolute Gasteiger partial charge is 0.103 e. The van der Waals surface area contributed by atoms with Crippen molar-refractivity contribution in [2.45, 2.75) is 24.3 Å². The first-order valence-electron chi connectivity index (χ1n) is 9.18. The first kappa shape index (κ1) is 20.2. The third-order valence-electron chi connectivity index (χ3n) is 4.67. The molecule has 0 unspecified atom stereocenters. The molecule has 0 amide bonds. The van der Waals surface area contributed by atoms with Gasteiger partial charge in [-0.3, -0.25) is 0 Å². The van der Waals surface area contributed by atoms with Crippen LogP contribution in [0.2, 0.25) is 5.02 Å². The Labute approximate surface area is 184 Å². The number of aliphatic hydroxyl groups is 1. The summed E-state index contributed by atoms with van der Waals surface area (Å²) < 4.78 is 1.82. The van der Waals surface area contributed by atoms with Gasteiger partial charge in [0.2, 0.25) is 0 Å². The normalized spacial score (nSPS) is 11.8. The molecule has 1 N–H and O–H groups in total. The van der Waals surface area contributed by atoms with E-state index in [-0.39, 0.29) is 0 Å². The summed E-state index contributed by atoms with van der Waals surface area (Å²) in [6.07, 6.45) is 2.08. The molecule has 0 atom stereocenters. The number of hydrogen-bond acceptors (Lipinski definition) is 4. The zero-order valence-electron chi connectivity index (χ0n) is 16.4. The number of hydrogen-bond donors (Lipinski definition) is 1. The van der Waals surface area contributed by atoms with Crippen molar-refractivity contribution in [2.75, 3.05) is 6.26 Å². The van der Waals surface area contributed by atoms with Crippen LogP contribution < -0.4 is 0 Å². The molecule has 2 aromatic heterocycles. The van der Waals surface area contributed by atoms with Crippen LogP contribution in [0.4, 0.5) is 0 Å². The van der Waals surface area contributed by atoms with Crippen LogP contribution >= 0.6 is 34.7 Å². The number of rotatable bonds is 5. The maximum absolute atomic E-state index is 10.5. The molecule has 148 valence electrons. The average Bonchev–Trinajstić information content (AvgIpc) is 3.35. The summed E-state index contributed by atoms with van der Waals surface area (Å²) in [7, 11) is 0. The predicted molar refractivity (Wildman–Crippen MR) is 124 cm³/mol. The van der Waals surface area contributed by atoms with Crippen LogP contribution in [0, 0.1) is 0 Å². The Bertz CT molecular complexity index is 1160. The van der Waals surface area contributed by atoms with E-state index in [1.165, 1.54) is 10.5 Å². The fourth-order valence-electron chi connectivity index (χ4n) is 3.09. The highest BCUT2D eigenvalue weighted by atomic mass is 35.5. The van der Waals surface area contributed by atoms with E-state index in [4.69, 9.17) is 11.6 Å². The number of thiophene rings is 1. The molecule has 0 aliphatic rings. The molecule has 0 spiro atoms. The monoisotopic (exact) mass is 440 g/mol. The van der Waals surface area contributed by atoms with Crippen molar-refractivity contribution in [3.8, 4) is 27.4 Å². The number of nitrogens with zero attached hydrogens (tertiary/aromatic N) is 2. The van der Waals surface area contributed by atoms with Gasteiger partial charge in [0, 0.05) is 4.90 Å². The van der Waals surface area contributed by atoms with Gasteiger partial charge in [0.15, 0.2) is 0 Å². The van der Waals surface area contributed by atoms with E-state index in [9.17, 15) is 5.11 Å². The Morgan fingerprint density at radius 2 is 1.83 bits per heavy atom. The standard InChI is InChI=1S/C23H21ClN2OS2/c1-23(2,27)22-13-20(26(25-22)19-10-5-4-9-18(19)24)21-12-16(14-29-21)15-7-6-8-17(11-15)28-3/h4-14,27H,1-3H3. The minimum absolute atomic E-state index is 0.603. The highest BCUT2D eigenvalue weighted by Gasteiger charge is 2.24. The van der Waals surface area contributed by atoms with Crippen molar-refractivity contribution < 1.29 is 5.11 Å². The number of para-hydroxylation sites is 1. The number of aromatic nitrogens is 2. The van der Waals surface area contributed by atoms with Gasteiger partial charge in [0.05, 0.1) is 27.0 Å². The van der Waals surface area contributed by atoms with Gasteiger partial charge in [-0.2, -0.15) is 5.10 Å². The quantitative estimate of drug-likeness (QED) is 0.344. The van der Waals surface area contributed by atoms with Crippen molar-refractivity contribution in [1.82, 2.24) is 9.78 Å². The van der Waals surface area contributed by atoms with E-state index < -0.39 is 5.60 Å². The molecule has 0 bridgehead atoms. The van der Waals surface area contributed by atoms with E-state index in [0.29, 0.717) is 10.7 Å². The highest BCUT2D eigenvalue weighted by Crippen LogP contribution is 2.37. The van der Waals surface area contributed by atoms with Crippen molar-refractivity contribution >= 4 is 34.7 Å². The summed E-state index contributed by atoms with van der Waals surface area (Å²) in [6.45, 7) is 3.48. The zero-order valence-corrected chi connectivity index (χ0v) is 18.8. The molecule has 0 radical (unpaired) electrons. The Balaban J connectivity index is 1.84. The Morgan fingerprint density at radius 3 is 2.55 bits per heavy atom. The number of thioether (sulfide) groups is 1. The molecular formula is C23H21ClN2OS2. The summed E-state index contributed by atoms with van der Waals surface area (Å²) >= 11 is 9.85. The van der Waals surface area contributed by atoms with Crippen LogP contribution in [0.25, 0.3) is 27.4 Å². The average molecular weight is 441 g/mol. The van der Waals surface area contributed by atoms with Gasteiger partial charge < -0.3 is 5.11 Å². The first-order chi connectivity index (χ1) is 13.9. The Hall–Kier alpha value is -2.05. The summed E-state index contributed by atoms with van der Waals surface area (Å²) in [5.41, 5.74) is 3.61. The van der Waals surface area contributed by atoms with Crippen molar-refractivity contribution in [3.05, 3.63) is 76.8 Å². The van der Waals surface area contributed by atoms with E-state index >= 15 is 0 Å². The summed E-state index contributed by atoms with van der Waals surface area (Å²) in [5.74, 6) is 0. The zero-order chi connectivity index (χ0) is 20.6. The summed E-state index contributed by atoms with van der Waals surface area (Å²) in [6, 6.07) is 20.2. The minimum Gasteiger partial charge on any atom is -0.384 e. The second kappa shape index (κ2) is 8.00. The van der Waals surface area contributed by atoms with Crippen molar-refractivity contribution in [3.63, 3.8) is 0 Å². The van der Waals surface area contributed by atoms with Gasteiger partial charge in [0.25, 0.3) is 0 Å². The molecule has 0 saturated heterocycles. The predicted octanol–water partition coefficient (Wildman–Crippen LogP) is 6.87. The van der Waals surface area contributed by atoms with E-state index in [2.05, 4.69) is 47.1 Å². The van der Waals surface area contributed by atoms with E-state index in [1.807, 2.05) is 35.0 Å². The molecule has 6 heteroatoms. The van der Waals surface area contributed by atoms with Gasteiger partial charge >= 0.3 is 0 Å². The second-order valence-corrected chi connectivity index (χ2v) is 9.47. The lowest BCUT2D eigenvalue weighted by Crippen LogP contribution is -2.16. The molecule has 29 heavy (non-hydrogen) atoms.